The number of non-ortho nitro benzene ring substituents is 1. The monoisotopic (exact) mass is 459 g/mol. The molecule has 11 heteroatoms. The lowest BCUT2D eigenvalue weighted by atomic mass is 10.2. The normalized spacial score (nSPS) is 11.3. The SMILES string of the molecule is O=C(/C=C/c1ccc([N+](=O)[O-])cc1)Nc1nc2scc(-c3ccc(Cl)cc3Cl)n2n1. The lowest BCUT2D eigenvalue weighted by molar-refractivity contribution is -0.384. The van der Waals surface area contributed by atoms with Gasteiger partial charge >= 0.3 is 0 Å². The Labute approximate surface area is 183 Å². The van der Waals surface area contributed by atoms with Crippen molar-refractivity contribution in [3.05, 3.63) is 79.6 Å². The fourth-order valence-electron chi connectivity index (χ4n) is 2.65. The first-order valence-electron chi connectivity index (χ1n) is 8.44. The smallest absolute Gasteiger partial charge is 0.269 e. The standard InChI is InChI=1S/C19H11Cl2N5O3S/c20-12-4-7-14(15(21)9-12)16-10-30-19-23-18(24-25(16)19)22-17(27)8-3-11-1-5-13(6-2-11)26(28)29/h1-10H,(H,22,24,27)/b8-3+. The predicted octanol–water partition coefficient (Wildman–Crippen LogP) is 5.32. The number of anilines is 1. The average Bonchev–Trinajstić information content (AvgIpc) is 3.27. The number of hydrogen-bond acceptors (Lipinski definition) is 6. The third kappa shape index (κ3) is 4.18. The van der Waals surface area contributed by atoms with E-state index in [1.165, 1.54) is 35.6 Å². The second kappa shape index (κ2) is 8.23. The van der Waals surface area contributed by atoms with Crippen LogP contribution in [-0.2, 0) is 4.79 Å². The third-order valence-corrected chi connectivity index (χ3v) is 5.42. The van der Waals surface area contributed by atoms with E-state index in [2.05, 4.69) is 15.4 Å². The van der Waals surface area contributed by atoms with E-state index in [9.17, 15) is 14.9 Å². The van der Waals surface area contributed by atoms with E-state index in [0.29, 0.717) is 20.6 Å². The summed E-state index contributed by atoms with van der Waals surface area (Å²) in [5.74, 6) is -0.288. The molecular weight excluding hydrogens is 449 g/mol. The number of rotatable bonds is 5. The molecule has 1 N–H and O–H groups in total. The highest BCUT2D eigenvalue weighted by Gasteiger charge is 2.15. The molecule has 8 nitrogen and oxygen atoms in total. The number of nitrogens with zero attached hydrogens (tertiary/aromatic N) is 4. The fraction of sp³-hybridized carbons (Fsp3) is 0. The maximum absolute atomic E-state index is 12.2. The van der Waals surface area contributed by atoms with Gasteiger partial charge in [0.15, 0.2) is 0 Å². The van der Waals surface area contributed by atoms with Crippen molar-refractivity contribution in [1.82, 2.24) is 14.6 Å². The van der Waals surface area contributed by atoms with Crippen LogP contribution >= 0.6 is 34.5 Å². The fourth-order valence-corrected chi connectivity index (χ4v) is 3.98. The molecule has 0 atom stereocenters. The van der Waals surface area contributed by atoms with Crippen LogP contribution < -0.4 is 5.32 Å². The molecule has 0 unspecified atom stereocenters. The van der Waals surface area contributed by atoms with E-state index in [0.717, 1.165) is 11.3 Å². The lowest BCUT2D eigenvalue weighted by Crippen LogP contribution is -2.09. The first-order chi connectivity index (χ1) is 14.4. The van der Waals surface area contributed by atoms with E-state index in [1.54, 1.807) is 34.8 Å². The predicted molar refractivity (Wildman–Crippen MR) is 117 cm³/mol. The summed E-state index contributed by atoms with van der Waals surface area (Å²) in [4.78, 5) is 27.3. The van der Waals surface area contributed by atoms with E-state index in [-0.39, 0.29) is 11.6 Å². The molecule has 4 rings (SSSR count). The number of nitro benzene ring substituents is 1. The molecule has 0 aliphatic rings. The van der Waals surface area contributed by atoms with Crippen molar-refractivity contribution in [1.29, 1.82) is 0 Å². The summed E-state index contributed by atoms with van der Waals surface area (Å²) < 4.78 is 1.59. The van der Waals surface area contributed by atoms with Crippen LogP contribution in [-0.4, -0.2) is 25.4 Å². The number of thiazole rings is 1. The van der Waals surface area contributed by atoms with Gasteiger partial charge in [0.25, 0.3) is 17.5 Å². The van der Waals surface area contributed by atoms with Crippen molar-refractivity contribution in [2.45, 2.75) is 0 Å². The Morgan fingerprint density at radius 2 is 1.97 bits per heavy atom. The Morgan fingerprint density at radius 1 is 1.20 bits per heavy atom. The van der Waals surface area contributed by atoms with Gasteiger partial charge in [-0.1, -0.05) is 23.2 Å². The summed E-state index contributed by atoms with van der Waals surface area (Å²) in [6, 6.07) is 11.0. The number of hydrogen-bond donors (Lipinski definition) is 1. The number of nitrogens with one attached hydrogen (secondary N) is 1. The third-order valence-electron chi connectivity index (χ3n) is 4.05. The summed E-state index contributed by atoms with van der Waals surface area (Å²) in [7, 11) is 0. The van der Waals surface area contributed by atoms with Crippen molar-refractivity contribution in [2.24, 2.45) is 0 Å². The van der Waals surface area contributed by atoms with Gasteiger partial charge in [-0.3, -0.25) is 20.2 Å². The van der Waals surface area contributed by atoms with Gasteiger partial charge in [0.2, 0.25) is 4.96 Å². The van der Waals surface area contributed by atoms with Crippen LogP contribution in [0.3, 0.4) is 0 Å². The summed E-state index contributed by atoms with van der Waals surface area (Å²) in [6.07, 6.45) is 2.84. The Hall–Kier alpha value is -3.27. The van der Waals surface area contributed by atoms with Crippen LogP contribution in [0, 0.1) is 10.1 Å². The molecule has 150 valence electrons. The largest absolute Gasteiger partial charge is 0.290 e. The first kappa shape index (κ1) is 20.0. The number of halogens is 2. The van der Waals surface area contributed by atoms with E-state index in [4.69, 9.17) is 23.2 Å². The van der Waals surface area contributed by atoms with Crippen LogP contribution in [0.4, 0.5) is 11.6 Å². The summed E-state index contributed by atoms with van der Waals surface area (Å²) in [5.41, 5.74) is 2.10. The second-order valence-corrected chi connectivity index (χ2v) is 7.73. The van der Waals surface area contributed by atoms with Gasteiger partial charge in [-0.25, -0.2) is 4.52 Å². The maximum atomic E-state index is 12.2. The molecule has 2 aromatic carbocycles. The van der Waals surface area contributed by atoms with E-state index in [1.807, 2.05) is 5.38 Å². The molecule has 2 heterocycles. The number of fused-ring (bicyclic) bond motifs is 1. The van der Waals surface area contributed by atoms with Crippen LogP contribution in [0.1, 0.15) is 5.56 Å². The van der Waals surface area contributed by atoms with Crippen LogP contribution in [0.25, 0.3) is 22.3 Å². The number of amides is 1. The van der Waals surface area contributed by atoms with Crippen molar-refractivity contribution >= 4 is 63.1 Å². The Bertz CT molecular complexity index is 1300. The zero-order valence-corrected chi connectivity index (χ0v) is 17.3. The Balaban J connectivity index is 1.51. The molecule has 1 amide bonds. The zero-order chi connectivity index (χ0) is 21.3. The highest BCUT2D eigenvalue weighted by atomic mass is 35.5. The van der Waals surface area contributed by atoms with Gasteiger partial charge in [0, 0.05) is 34.2 Å². The number of carbonyl (C=O) groups excluding carboxylic acids is 1. The second-order valence-electron chi connectivity index (χ2n) is 6.05. The highest BCUT2D eigenvalue weighted by Crippen LogP contribution is 2.33. The molecule has 0 saturated carbocycles. The minimum absolute atomic E-state index is 0.0181. The quantitative estimate of drug-likeness (QED) is 0.247. The summed E-state index contributed by atoms with van der Waals surface area (Å²) >= 11 is 13.6. The molecular formula is C19H11Cl2N5O3S. The minimum Gasteiger partial charge on any atom is -0.290 e. The van der Waals surface area contributed by atoms with Gasteiger partial charge < -0.3 is 0 Å². The van der Waals surface area contributed by atoms with Gasteiger partial charge in [-0.15, -0.1) is 16.4 Å². The van der Waals surface area contributed by atoms with Crippen molar-refractivity contribution < 1.29 is 9.72 Å². The average molecular weight is 460 g/mol. The van der Waals surface area contributed by atoms with Crippen molar-refractivity contribution in [3.8, 4) is 11.3 Å². The molecule has 0 fully saturated rings. The van der Waals surface area contributed by atoms with Gasteiger partial charge in [-0.05, 0) is 42.0 Å². The molecule has 0 aliphatic carbocycles. The molecule has 2 aromatic heterocycles. The molecule has 4 aromatic rings. The summed E-state index contributed by atoms with van der Waals surface area (Å²) in [6.45, 7) is 0. The van der Waals surface area contributed by atoms with Gasteiger partial charge in [0.05, 0.1) is 15.6 Å². The van der Waals surface area contributed by atoms with Gasteiger partial charge in [0.1, 0.15) is 0 Å². The first-order valence-corrected chi connectivity index (χ1v) is 10.1. The van der Waals surface area contributed by atoms with Gasteiger partial charge in [-0.2, -0.15) is 4.98 Å². The number of aromatic nitrogens is 3. The molecule has 30 heavy (non-hydrogen) atoms. The minimum atomic E-state index is -0.484. The van der Waals surface area contributed by atoms with Crippen molar-refractivity contribution in [2.75, 3.05) is 5.32 Å². The molecule has 0 radical (unpaired) electrons. The van der Waals surface area contributed by atoms with Crippen LogP contribution in [0.2, 0.25) is 10.0 Å². The summed E-state index contributed by atoms with van der Waals surface area (Å²) in [5, 5.41) is 20.5. The number of carbonyl (C=O) groups is 1. The number of benzene rings is 2. The lowest BCUT2D eigenvalue weighted by Gasteiger charge is -2.02. The topological polar surface area (TPSA) is 102 Å². The molecule has 0 saturated heterocycles. The maximum Gasteiger partial charge on any atom is 0.269 e. The molecule has 0 bridgehead atoms. The van der Waals surface area contributed by atoms with Crippen molar-refractivity contribution in [3.63, 3.8) is 0 Å². The number of nitro groups is 1. The highest BCUT2D eigenvalue weighted by molar-refractivity contribution is 7.15. The van der Waals surface area contributed by atoms with Crippen LogP contribution in [0.5, 0.6) is 0 Å². The van der Waals surface area contributed by atoms with E-state index >= 15 is 0 Å². The molecule has 0 spiro atoms. The molecule has 0 aliphatic heterocycles. The zero-order valence-electron chi connectivity index (χ0n) is 15.0. The van der Waals surface area contributed by atoms with Crippen LogP contribution in [0.15, 0.2) is 53.9 Å². The Kier molecular flexibility index (Phi) is 5.49. The van der Waals surface area contributed by atoms with E-state index < -0.39 is 10.8 Å². The Morgan fingerprint density at radius 3 is 2.67 bits per heavy atom.